The molecule has 0 aromatic carbocycles. The number of carbonyl (C=O) groups excluding carboxylic acids is 2. The number of hydrogen-bond acceptors (Lipinski definition) is 5. The monoisotopic (exact) mass is 336 g/mol. The van der Waals surface area contributed by atoms with Gasteiger partial charge in [-0.05, 0) is 27.7 Å². The normalized spacial score (nSPS) is 21.7. The number of nitrogens with zero attached hydrogens (tertiary/aromatic N) is 4. The van der Waals surface area contributed by atoms with Crippen LogP contribution in [-0.4, -0.2) is 58.1 Å². The lowest BCUT2D eigenvalue weighted by molar-refractivity contribution is -0.125. The maximum absolute atomic E-state index is 12.5. The number of hydrogen-bond donors (Lipinski definition) is 0. The van der Waals surface area contributed by atoms with Crippen LogP contribution < -0.4 is 4.90 Å². The lowest BCUT2D eigenvalue weighted by Crippen LogP contribution is -2.48. The first-order valence-electron chi connectivity index (χ1n) is 8.18. The number of anilines is 1. The van der Waals surface area contributed by atoms with Gasteiger partial charge in [0, 0.05) is 6.54 Å². The zero-order chi connectivity index (χ0) is 17.5. The Kier molecular flexibility index (Phi) is 4.25. The molecule has 0 bridgehead atoms. The van der Waals surface area contributed by atoms with Crippen molar-refractivity contribution in [2.45, 2.75) is 52.4 Å². The van der Waals surface area contributed by atoms with E-state index in [4.69, 9.17) is 9.47 Å². The number of rotatable bonds is 1. The third kappa shape index (κ3) is 3.24. The van der Waals surface area contributed by atoms with Gasteiger partial charge in [-0.2, -0.15) is 5.10 Å². The van der Waals surface area contributed by atoms with E-state index in [9.17, 15) is 9.59 Å². The van der Waals surface area contributed by atoms with E-state index in [0.717, 1.165) is 11.4 Å². The first-order chi connectivity index (χ1) is 11.3. The van der Waals surface area contributed by atoms with E-state index < -0.39 is 5.60 Å². The number of ether oxygens (including phenoxy) is 2. The molecule has 0 aliphatic carbocycles. The van der Waals surface area contributed by atoms with Gasteiger partial charge in [0.25, 0.3) is 5.91 Å². The lowest BCUT2D eigenvalue weighted by atomic mass is 10.1. The predicted octanol–water partition coefficient (Wildman–Crippen LogP) is 1.39. The van der Waals surface area contributed by atoms with Crippen molar-refractivity contribution in [2.24, 2.45) is 0 Å². The summed E-state index contributed by atoms with van der Waals surface area (Å²) in [6.07, 6.45) is 1.35. The van der Waals surface area contributed by atoms with Crippen LogP contribution in [0.5, 0.6) is 0 Å². The van der Waals surface area contributed by atoms with E-state index >= 15 is 0 Å². The second-order valence-electron chi connectivity index (χ2n) is 7.21. The number of morpholine rings is 1. The number of aromatic nitrogens is 2. The molecular weight excluding hydrogens is 312 g/mol. The fourth-order valence-electron chi connectivity index (χ4n) is 2.95. The van der Waals surface area contributed by atoms with Gasteiger partial charge in [0.05, 0.1) is 43.3 Å². The van der Waals surface area contributed by atoms with Gasteiger partial charge in [0.1, 0.15) is 12.2 Å². The average Bonchev–Trinajstić information content (AvgIpc) is 2.87. The summed E-state index contributed by atoms with van der Waals surface area (Å²) >= 11 is 0. The molecule has 8 heteroatoms. The van der Waals surface area contributed by atoms with Crippen LogP contribution in [0.4, 0.5) is 10.5 Å². The van der Waals surface area contributed by atoms with Crippen LogP contribution in [-0.2, 0) is 27.4 Å². The summed E-state index contributed by atoms with van der Waals surface area (Å²) in [5.41, 5.74) is 1.07. The molecule has 0 spiro atoms. The standard InChI is InChI=1S/C16H24N4O4/c1-11-8-20-13(9-19(11)15(22)24-16(2,3)4)12(7-17-20)18-5-6-23-10-14(18)21/h7,11H,5-6,8-10H2,1-4H3/t11-/m0/s1. The van der Waals surface area contributed by atoms with Crippen molar-refractivity contribution in [3.05, 3.63) is 11.9 Å². The van der Waals surface area contributed by atoms with Gasteiger partial charge in [0.15, 0.2) is 0 Å². The van der Waals surface area contributed by atoms with Crippen LogP contribution in [0.25, 0.3) is 0 Å². The predicted molar refractivity (Wildman–Crippen MR) is 86.6 cm³/mol. The molecule has 0 radical (unpaired) electrons. The smallest absolute Gasteiger partial charge is 0.410 e. The molecule has 132 valence electrons. The Morgan fingerprint density at radius 3 is 2.83 bits per heavy atom. The largest absolute Gasteiger partial charge is 0.444 e. The minimum Gasteiger partial charge on any atom is -0.444 e. The minimum absolute atomic E-state index is 0.0273. The van der Waals surface area contributed by atoms with E-state index in [0.29, 0.717) is 26.2 Å². The maximum Gasteiger partial charge on any atom is 0.410 e. The molecule has 8 nitrogen and oxygen atoms in total. The van der Waals surface area contributed by atoms with Crippen molar-refractivity contribution >= 4 is 17.7 Å². The summed E-state index contributed by atoms with van der Waals surface area (Å²) in [4.78, 5) is 28.0. The Hall–Kier alpha value is -2.09. The number of fused-ring (bicyclic) bond motifs is 1. The molecule has 1 atom stereocenters. The fourth-order valence-corrected chi connectivity index (χ4v) is 2.95. The molecule has 1 aromatic rings. The Morgan fingerprint density at radius 1 is 1.42 bits per heavy atom. The highest BCUT2D eigenvalue weighted by molar-refractivity contribution is 5.95. The summed E-state index contributed by atoms with van der Waals surface area (Å²) < 4.78 is 12.5. The molecule has 2 aliphatic rings. The Morgan fingerprint density at radius 2 is 2.17 bits per heavy atom. The van der Waals surface area contributed by atoms with E-state index in [1.807, 2.05) is 32.4 Å². The highest BCUT2D eigenvalue weighted by Gasteiger charge is 2.34. The topological polar surface area (TPSA) is 76.9 Å². The summed E-state index contributed by atoms with van der Waals surface area (Å²) in [5.74, 6) is -0.0838. The van der Waals surface area contributed by atoms with E-state index in [2.05, 4.69) is 5.10 Å². The molecule has 1 fully saturated rings. The zero-order valence-corrected chi connectivity index (χ0v) is 14.6. The fraction of sp³-hybridized carbons (Fsp3) is 0.688. The van der Waals surface area contributed by atoms with Crippen molar-refractivity contribution in [3.63, 3.8) is 0 Å². The van der Waals surface area contributed by atoms with Crippen molar-refractivity contribution in [3.8, 4) is 0 Å². The average molecular weight is 336 g/mol. The molecule has 0 N–H and O–H groups in total. The van der Waals surface area contributed by atoms with Crippen molar-refractivity contribution in [1.82, 2.24) is 14.7 Å². The van der Waals surface area contributed by atoms with E-state index in [-0.39, 0.29) is 24.6 Å². The van der Waals surface area contributed by atoms with Crippen molar-refractivity contribution in [1.29, 1.82) is 0 Å². The lowest BCUT2D eigenvalue weighted by Gasteiger charge is -2.36. The summed E-state index contributed by atoms with van der Waals surface area (Å²) in [6.45, 7) is 9.54. The molecule has 3 heterocycles. The molecule has 24 heavy (non-hydrogen) atoms. The van der Waals surface area contributed by atoms with Gasteiger partial charge in [0.2, 0.25) is 0 Å². The third-order valence-corrected chi connectivity index (χ3v) is 4.12. The third-order valence-electron chi connectivity index (χ3n) is 4.12. The molecule has 0 saturated carbocycles. The van der Waals surface area contributed by atoms with Gasteiger partial charge in [-0.3, -0.25) is 14.4 Å². The molecule has 2 aliphatic heterocycles. The highest BCUT2D eigenvalue weighted by atomic mass is 16.6. The van der Waals surface area contributed by atoms with E-state index in [1.54, 1.807) is 16.0 Å². The van der Waals surface area contributed by atoms with Crippen molar-refractivity contribution < 1.29 is 19.1 Å². The van der Waals surface area contributed by atoms with Gasteiger partial charge in [-0.1, -0.05) is 0 Å². The second-order valence-corrected chi connectivity index (χ2v) is 7.21. The zero-order valence-electron chi connectivity index (χ0n) is 14.6. The second kappa shape index (κ2) is 6.08. The summed E-state index contributed by atoms with van der Waals surface area (Å²) in [5, 5.41) is 4.39. The van der Waals surface area contributed by atoms with Crippen LogP contribution in [0.3, 0.4) is 0 Å². The number of carbonyl (C=O) groups is 2. The Bertz CT molecular complexity index is 649. The molecule has 3 rings (SSSR count). The van der Waals surface area contributed by atoms with Gasteiger partial charge >= 0.3 is 6.09 Å². The van der Waals surface area contributed by atoms with Crippen LogP contribution in [0.15, 0.2) is 6.20 Å². The molecule has 2 amide bonds. The van der Waals surface area contributed by atoms with Gasteiger partial charge in [-0.15, -0.1) is 0 Å². The maximum atomic E-state index is 12.5. The summed E-state index contributed by atoms with van der Waals surface area (Å²) in [6, 6.07) is -0.0273. The minimum atomic E-state index is -0.544. The van der Waals surface area contributed by atoms with Crippen LogP contribution >= 0.6 is 0 Å². The molecule has 1 aromatic heterocycles. The van der Waals surface area contributed by atoms with Crippen LogP contribution in [0.2, 0.25) is 0 Å². The first-order valence-corrected chi connectivity index (χ1v) is 8.18. The number of amides is 2. The molecule has 1 saturated heterocycles. The van der Waals surface area contributed by atoms with Crippen molar-refractivity contribution in [2.75, 3.05) is 24.7 Å². The van der Waals surface area contributed by atoms with Gasteiger partial charge < -0.3 is 14.4 Å². The van der Waals surface area contributed by atoms with Gasteiger partial charge in [-0.25, -0.2) is 4.79 Å². The van der Waals surface area contributed by atoms with E-state index in [1.165, 1.54) is 0 Å². The first kappa shape index (κ1) is 16.8. The summed E-state index contributed by atoms with van der Waals surface area (Å²) in [7, 11) is 0. The molecular formula is C16H24N4O4. The SMILES string of the molecule is C[C@H]1Cn2ncc(N3CCOCC3=O)c2CN1C(=O)OC(C)(C)C. The Balaban J connectivity index is 1.84. The Labute approximate surface area is 141 Å². The van der Waals surface area contributed by atoms with Crippen LogP contribution in [0.1, 0.15) is 33.4 Å². The highest BCUT2D eigenvalue weighted by Crippen LogP contribution is 2.28. The molecule has 0 unspecified atom stereocenters. The quantitative estimate of drug-likeness (QED) is 0.774. The van der Waals surface area contributed by atoms with Crippen LogP contribution in [0, 0.1) is 0 Å².